The van der Waals surface area contributed by atoms with Crippen LogP contribution in [0.4, 0.5) is 19.0 Å². The SMILES string of the molecule is O=C(O)CN(CC1CC1)C1CC(Nc2ncc(C(F)(F)F)cc2Cl)C1. The Bertz CT molecular complexity index is 646. The van der Waals surface area contributed by atoms with Crippen molar-refractivity contribution in [1.82, 2.24) is 9.88 Å². The summed E-state index contributed by atoms with van der Waals surface area (Å²) in [6.07, 6.45) is 0.0222. The van der Waals surface area contributed by atoms with E-state index >= 15 is 0 Å². The number of carbonyl (C=O) groups is 1. The fourth-order valence-corrected chi connectivity index (χ4v) is 3.27. The molecule has 0 spiro atoms. The van der Waals surface area contributed by atoms with Crippen LogP contribution >= 0.6 is 11.6 Å². The monoisotopic (exact) mass is 377 g/mol. The molecule has 0 aliphatic heterocycles. The van der Waals surface area contributed by atoms with E-state index in [1.807, 2.05) is 4.90 Å². The van der Waals surface area contributed by atoms with Crippen LogP contribution in [0.15, 0.2) is 12.3 Å². The van der Waals surface area contributed by atoms with Crippen molar-refractivity contribution in [3.05, 3.63) is 22.8 Å². The maximum atomic E-state index is 12.6. The molecule has 2 aliphatic carbocycles. The molecule has 9 heteroatoms. The zero-order chi connectivity index (χ0) is 18.2. The van der Waals surface area contributed by atoms with Gasteiger partial charge in [-0.05, 0) is 37.7 Å². The molecule has 1 heterocycles. The van der Waals surface area contributed by atoms with Gasteiger partial charge in [-0.1, -0.05) is 11.6 Å². The van der Waals surface area contributed by atoms with Crippen LogP contribution < -0.4 is 5.32 Å². The fraction of sp³-hybridized carbons (Fsp3) is 0.625. The molecular formula is C16H19ClF3N3O2. The standard InChI is InChI=1S/C16H19ClF3N3O2/c17-13-3-10(16(18,19)20)6-21-15(13)22-11-4-12(5-11)23(8-14(24)25)7-9-1-2-9/h3,6,9,11-12H,1-2,4-5,7-8H2,(H,21,22)(H,24,25). The third-order valence-corrected chi connectivity index (χ3v) is 4.96. The predicted molar refractivity (Wildman–Crippen MR) is 86.6 cm³/mol. The number of alkyl halides is 3. The Kier molecular flexibility index (Phi) is 5.11. The third-order valence-electron chi connectivity index (χ3n) is 4.67. The van der Waals surface area contributed by atoms with Crippen LogP contribution in [0.5, 0.6) is 0 Å². The van der Waals surface area contributed by atoms with E-state index in [9.17, 15) is 18.0 Å². The van der Waals surface area contributed by atoms with Crippen LogP contribution in [0.3, 0.4) is 0 Å². The van der Waals surface area contributed by atoms with Crippen LogP contribution in [0.2, 0.25) is 5.02 Å². The summed E-state index contributed by atoms with van der Waals surface area (Å²) in [5, 5.41) is 12.0. The summed E-state index contributed by atoms with van der Waals surface area (Å²) in [4.78, 5) is 16.8. The van der Waals surface area contributed by atoms with E-state index in [1.54, 1.807) is 0 Å². The van der Waals surface area contributed by atoms with E-state index < -0.39 is 17.7 Å². The first-order valence-corrected chi connectivity index (χ1v) is 8.55. The molecule has 0 unspecified atom stereocenters. The van der Waals surface area contributed by atoms with Crippen molar-refractivity contribution < 1.29 is 23.1 Å². The average Bonchev–Trinajstić information content (AvgIpc) is 3.25. The van der Waals surface area contributed by atoms with E-state index in [-0.39, 0.29) is 29.5 Å². The highest BCUT2D eigenvalue weighted by molar-refractivity contribution is 6.33. The Morgan fingerprint density at radius 1 is 1.40 bits per heavy atom. The van der Waals surface area contributed by atoms with E-state index in [0.29, 0.717) is 5.92 Å². The van der Waals surface area contributed by atoms with Crippen molar-refractivity contribution in [2.45, 2.75) is 43.9 Å². The molecule has 5 nitrogen and oxygen atoms in total. The summed E-state index contributed by atoms with van der Waals surface area (Å²) in [5.41, 5.74) is -0.883. The van der Waals surface area contributed by atoms with Gasteiger partial charge in [-0.25, -0.2) is 4.98 Å². The van der Waals surface area contributed by atoms with Crippen molar-refractivity contribution in [3.63, 3.8) is 0 Å². The molecule has 0 bridgehead atoms. The second-order valence-electron chi connectivity index (χ2n) is 6.79. The van der Waals surface area contributed by atoms with Gasteiger partial charge in [-0.15, -0.1) is 0 Å². The highest BCUT2D eigenvalue weighted by atomic mass is 35.5. The Morgan fingerprint density at radius 2 is 2.08 bits per heavy atom. The van der Waals surface area contributed by atoms with Crippen molar-refractivity contribution in [2.75, 3.05) is 18.4 Å². The fourth-order valence-electron chi connectivity index (χ4n) is 3.04. The van der Waals surface area contributed by atoms with Gasteiger partial charge in [0.1, 0.15) is 5.82 Å². The minimum Gasteiger partial charge on any atom is -0.480 e. The summed E-state index contributed by atoms with van der Waals surface area (Å²) in [6.45, 7) is 0.816. The van der Waals surface area contributed by atoms with Crippen molar-refractivity contribution in [3.8, 4) is 0 Å². The molecule has 0 atom stereocenters. The first kappa shape index (κ1) is 18.3. The third kappa shape index (κ3) is 4.76. The smallest absolute Gasteiger partial charge is 0.417 e. The predicted octanol–water partition coefficient (Wildman–Crippen LogP) is 3.49. The van der Waals surface area contributed by atoms with E-state index in [2.05, 4.69) is 10.3 Å². The molecule has 2 fully saturated rings. The molecule has 1 aromatic rings. The highest BCUT2D eigenvalue weighted by Crippen LogP contribution is 2.36. The highest BCUT2D eigenvalue weighted by Gasteiger charge is 2.38. The lowest BCUT2D eigenvalue weighted by molar-refractivity contribution is -0.140. The summed E-state index contributed by atoms with van der Waals surface area (Å²) in [6, 6.07) is 1.06. The molecule has 0 amide bonds. The van der Waals surface area contributed by atoms with E-state index in [0.717, 1.165) is 44.5 Å². The van der Waals surface area contributed by atoms with Crippen LogP contribution in [0.1, 0.15) is 31.2 Å². The van der Waals surface area contributed by atoms with Crippen LogP contribution in [0, 0.1) is 5.92 Å². The van der Waals surface area contributed by atoms with Gasteiger partial charge in [-0.2, -0.15) is 13.2 Å². The molecule has 138 valence electrons. The number of carboxylic acid groups (broad SMARTS) is 1. The maximum absolute atomic E-state index is 12.6. The summed E-state index contributed by atoms with van der Waals surface area (Å²) in [5.74, 6) is -0.0213. The Morgan fingerprint density at radius 3 is 2.60 bits per heavy atom. The van der Waals surface area contributed by atoms with Gasteiger partial charge in [0.25, 0.3) is 0 Å². The number of aromatic nitrogens is 1. The largest absolute Gasteiger partial charge is 0.480 e. The number of nitrogens with zero attached hydrogens (tertiary/aromatic N) is 2. The molecule has 3 rings (SSSR count). The molecule has 0 radical (unpaired) electrons. The zero-order valence-corrected chi connectivity index (χ0v) is 14.1. The first-order chi connectivity index (χ1) is 11.7. The van der Waals surface area contributed by atoms with E-state index in [1.165, 1.54) is 0 Å². The van der Waals surface area contributed by atoms with Gasteiger partial charge in [-0.3, -0.25) is 9.69 Å². The summed E-state index contributed by atoms with van der Waals surface area (Å²) < 4.78 is 37.9. The molecule has 2 N–H and O–H groups in total. The second-order valence-corrected chi connectivity index (χ2v) is 7.19. The Balaban J connectivity index is 1.54. The normalized spacial score (nSPS) is 23.4. The number of nitrogens with one attached hydrogen (secondary N) is 1. The molecule has 25 heavy (non-hydrogen) atoms. The van der Waals surface area contributed by atoms with Gasteiger partial charge in [0.15, 0.2) is 0 Å². The van der Waals surface area contributed by atoms with Gasteiger partial charge in [0.2, 0.25) is 0 Å². The quantitative estimate of drug-likeness (QED) is 0.761. The molecule has 1 aromatic heterocycles. The number of aliphatic carboxylic acids is 1. The summed E-state index contributed by atoms with van der Waals surface area (Å²) >= 11 is 5.89. The van der Waals surface area contributed by atoms with Gasteiger partial charge >= 0.3 is 12.1 Å². The lowest BCUT2D eigenvalue weighted by atomic mass is 9.85. The topological polar surface area (TPSA) is 65.5 Å². The number of pyridine rings is 1. The number of halogens is 4. The number of carboxylic acids is 1. The molecule has 2 saturated carbocycles. The van der Waals surface area contributed by atoms with Crippen LogP contribution in [-0.2, 0) is 11.0 Å². The van der Waals surface area contributed by atoms with Crippen molar-refractivity contribution in [2.24, 2.45) is 5.92 Å². The van der Waals surface area contributed by atoms with Crippen molar-refractivity contribution in [1.29, 1.82) is 0 Å². The van der Waals surface area contributed by atoms with Gasteiger partial charge < -0.3 is 10.4 Å². The molecule has 0 saturated heterocycles. The molecular weight excluding hydrogens is 359 g/mol. The molecule has 0 aromatic carbocycles. The van der Waals surface area contributed by atoms with Crippen LogP contribution in [-0.4, -0.2) is 46.1 Å². The Hall–Kier alpha value is -1.54. The lowest BCUT2D eigenvalue weighted by Crippen LogP contribution is -2.52. The number of hydrogen-bond acceptors (Lipinski definition) is 4. The zero-order valence-electron chi connectivity index (χ0n) is 13.4. The van der Waals surface area contributed by atoms with Crippen LogP contribution in [0.25, 0.3) is 0 Å². The van der Waals surface area contributed by atoms with E-state index in [4.69, 9.17) is 16.7 Å². The minimum absolute atomic E-state index is 0.0210. The Labute approximate surface area is 148 Å². The maximum Gasteiger partial charge on any atom is 0.417 e. The van der Waals surface area contributed by atoms with Gasteiger partial charge in [0, 0.05) is 24.8 Å². The number of rotatable bonds is 7. The van der Waals surface area contributed by atoms with Crippen molar-refractivity contribution >= 4 is 23.4 Å². The number of anilines is 1. The lowest BCUT2D eigenvalue weighted by Gasteiger charge is -2.43. The number of hydrogen-bond donors (Lipinski definition) is 2. The second kappa shape index (κ2) is 6.99. The first-order valence-electron chi connectivity index (χ1n) is 8.17. The minimum atomic E-state index is -4.48. The molecule has 2 aliphatic rings. The average molecular weight is 378 g/mol. The summed E-state index contributed by atoms with van der Waals surface area (Å²) in [7, 11) is 0. The van der Waals surface area contributed by atoms with Gasteiger partial charge in [0.05, 0.1) is 17.1 Å².